The molecule has 1 aliphatic carbocycles. The van der Waals surface area contributed by atoms with Crippen molar-refractivity contribution in [3.05, 3.63) is 48.0 Å². The van der Waals surface area contributed by atoms with Crippen molar-refractivity contribution in [1.29, 1.82) is 0 Å². The number of nitrogens with zero attached hydrogens (tertiary/aromatic N) is 1. The molecule has 3 N–H and O–H groups in total. The lowest BCUT2D eigenvalue weighted by atomic mass is 9.88. The second-order valence-electron chi connectivity index (χ2n) is 8.29. The van der Waals surface area contributed by atoms with Crippen molar-refractivity contribution in [2.24, 2.45) is 10.9 Å². The van der Waals surface area contributed by atoms with Crippen molar-refractivity contribution in [1.82, 2.24) is 5.32 Å². The van der Waals surface area contributed by atoms with Gasteiger partial charge in [-0.05, 0) is 42.7 Å². The van der Waals surface area contributed by atoms with Gasteiger partial charge in [-0.1, -0.05) is 31.4 Å². The molecule has 0 radical (unpaired) electrons. The summed E-state index contributed by atoms with van der Waals surface area (Å²) in [6.07, 6.45) is 6.41. The van der Waals surface area contributed by atoms with Crippen LogP contribution in [0.5, 0.6) is 11.5 Å². The Labute approximate surface area is 189 Å². The molecule has 7 heteroatoms. The molecule has 0 aromatic heterocycles. The van der Waals surface area contributed by atoms with Crippen LogP contribution < -0.4 is 25.4 Å². The molecule has 0 atom stereocenters. The highest BCUT2D eigenvalue weighted by Gasteiger charge is 2.21. The van der Waals surface area contributed by atoms with Gasteiger partial charge in [0.2, 0.25) is 5.91 Å². The van der Waals surface area contributed by atoms with E-state index in [0.717, 1.165) is 60.5 Å². The average molecular weight is 437 g/mol. The van der Waals surface area contributed by atoms with E-state index in [0.29, 0.717) is 25.7 Å². The quantitative estimate of drug-likeness (QED) is 0.473. The molecule has 1 heterocycles. The molecule has 0 spiro atoms. The summed E-state index contributed by atoms with van der Waals surface area (Å²) < 4.78 is 11.5. The molecule has 2 aliphatic rings. The highest BCUT2D eigenvalue weighted by atomic mass is 16.5. The highest BCUT2D eigenvalue weighted by Crippen LogP contribution is 2.32. The molecule has 2 aromatic rings. The Morgan fingerprint density at radius 1 is 0.938 bits per heavy atom. The van der Waals surface area contributed by atoms with E-state index in [2.05, 4.69) is 20.9 Å². The third-order valence-electron chi connectivity index (χ3n) is 5.86. The third-order valence-corrected chi connectivity index (χ3v) is 5.86. The molecule has 170 valence electrons. The lowest BCUT2D eigenvalue weighted by molar-refractivity contribution is -0.120. The zero-order chi connectivity index (χ0) is 22.2. The van der Waals surface area contributed by atoms with E-state index in [1.165, 1.54) is 6.42 Å². The monoisotopic (exact) mass is 436 g/mol. The van der Waals surface area contributed by atoms with E-state index < -0.39 is 0 Å². The summed E-state index contributed by atoms with van der Waals surface area (Å²) in [7, 11) is 1.74. The molecule has 1 fully saturated rings. The summed E-state index contributed by atoms with van der Waals surface area (Å²) in [6.45, 7) is 1.90. The minimum Gasteiger partial charge on any atom is -0.490 e. The van der Waals surface area contributed by atoms with Crippen molar-refractivity contribution >= 4 is 23.2 Å². The molecule has 32 heavy (non-hydrogen) atoms. The fourth-order valence-electron chi connectivity index (χ4n) is 4.11. The predicted octanol–water partition coefficient (Wildman–Crippen LogP) is 4.55. The van der Waals surface area contributed by atoms with Crippen LogP contribution in [-0.2, 0) is 11.3 Å². The van der Waals surface area contributed by atoms with E-state index in [1.54, 1.807) is 7.05 Å². The van der Waals surface area contributed by atoms with Gasteiger partial charge in [0.1, 0.15) is 0 Å². The first-order valence-corrected chi connectivity index (χ1v) is 11.5. The minimum absolute atomic E-state index is 0.140. The molecule has 0 bridgehead atoms. The van der Waals surface area contributed by atoms with Crippen LogP contribution in [0.25, 0.3) is 0 Å². The van der Waals surface area contributed by atoms with Crippen LogP contribution in [0.2, 0.25) is 0 Å². The number of carbonyl (C=O) groups is 1. The second-order valence-corrected chi connectivity index (χ2v) is 8.29. The number of benzene rings is 2. The van der Waals surface area contributed by atoms with Crippen molar-refractivity contribution in [2.75, 3.05) is 30.9 Å². The van der Waals surface area contributed by atoms with Crippen molar-refractivity contribution in [3.8, 4) is 11.5 Å². The largest absolute Gasteiger partial charge is 0.490 e. The van der Waals surface area contributed by atoms with Crippen LogP contribution in [0, 0.1) is 5.92 Å². The van der Waals surface area contributed by atoms with Gasteiger partial charge in [-0.15, -0.1) is 0 Å². The number of guanidine groups is 1. The van der Waals surface area contributed by atoms with E-state index in [9.17, 15) is 4.79 Å². The maximum Gasteiger partial charge on any atom is 0.227 e. The zero-order valence-corrected chi connectivity index (χ0v) is 18.7. The number of aliphatic imine (C=N–C) groups is 1. The van der Waals surface area contributed by atoms with Gasteiger partial charge in [-0.25, -0.2) is 0 Å². The lowest BCUT2D eigenvalue weighted by Crippen LogP contribution is -2.30. The van der Waals surface area contributed by atoms with Crippen molar-refractivity contribution < 1.29 is 14.3 Å². The molecular weight excluding hydrogens is 404 g/mol. The first-order chi connectivity index (χ1) is 15.7. The molecule has 7 nitrogen and oxygen atoms in total. The molecule has 1 aliphatic heterocycles. The number of anilines is 2. The van der Waals surface area contributed by atoms with E-state index in [1.807, 2.05) is 42.5 Å². The molecule has 4 rings (SSSR count). The third kappa shape index (κ3) is 5.93. The van der Waals surface area contributed by atoms with Gasteiger partial charge in [0.15, 0.2) is 17.5 Å². The Kier molecular flexibility index (Phi) is 7.48. The summed E-state index contributed by atoms with van der Waals surface area (Å²) in [6, 6.07) is 13.7. The smallest absolute Gasteiger partial charge is 0.227 e. The van der Waals surface area contributed by atoms with Crippen molar-refractivity contribution in [2.45, 2.75) is 45.1 Å². The Hall–Kier alpha value is -3.22. The van der Waals surface area contributed by atoms with Gasteiger partial charge in [0.25, 0.3) is 0 Å². The Balaban J connectivity index is 1.32. The Morgan fingerprint density at radius 2 is 1.72 bits per heavy atom. The summed E-state index contributed by atoms with van der Waals surface area (Å²) in [5.41, 5.74) is 2.77. The topological polar surface area (TPSA) is 84.0 Å². The number of hydrogen-bond donors (Lipinski definition) is 3. The summed E-state index contributed by atoms with van der Waals surface area (Å²) in [4.78, 5) is 16.9. The second kappa shape index (κ2) is 10.9. The van der Waals surface area contributed by atoms with Gasteiger partial charge in [0, 0.05) is 43.4 Å². The van der Waals surface area contributed by atoms with Crippen LogP contribution >= 0.6 is 0 Å². The maximum absolute atomic E-state index is 12.5. The van der Waals surface area contributed by atoms with Gasteiger partial charge in [-0.3, -0.25) is 9.79 Å². The zero-order valence-electron chi connectivity index (χ0n) is 18.7. The van der Waals surface area contributed by atoms with Crippen LogP contribution in [0.1, 0.15) is 44.1 Å². The molecule has 1 amide bonds. The fourth-order valence-corrected chi connectivity index (χ4v) is 4.11. The van der Waals surface area contributed by atoms with Crippen molar-refractivity contribution in [3.63, 3.8) is 0 Å². The standard InChI is InChI=1S/C25H32N4O3/c1-26-25(29-21-11-12-22-23(16-21)32-14-6-13-31-22)27-17-18-7-5-10-20(15-18)28-24(30)19-8-3-2-4-9-19/h5,7,10-12,15-16,19H,2-4,6,8-9,13-14,17H2,1H3,(H,28,30)(H2,26,27,29). The van der Waals surface area contributed by atoms with Crippen LogP contribution in [-0.4, -0.2) is 32.1 Å². The number of carbonyl (C=O) groups excluding carboxylic acids is 1. The Bertz CT molecular complexity index is 954. The van der Waals surface area contributed by atoms with E-state index >= 15 is 0 Å². The minimum atomic E-state index is 0.140. The summed E-state index contributed by atoms with van der Waals surface area (Å²) in [5, 5.41) is 9.71. The van der Waals surface area contributed by atoms with E-state index in [-0.39, 0.29) is 11.8 Å². The number of fused-ring (bicyclic) bond motifs is 1. The number of nitrogens with one attached hydrogen (secondary N) is 3. The first kappa shape index (κ1) is 22.0. The molecular formula is C25H32N4O3. The fraction of sp³-hybridized carbons (Fsp3) is 0.440. The SMILES string of the molecule is CN=C(NCc1cccc(NC(=O)C2CCCCC2)c1)Nc1ccc2c(c1)OCCCO2. The first-order valence-electron chi connectivity index (χ1n) is 11.5. The Morgan fingerprint density at radius 3 is 2.53 bits per heavy atom. The van der Waals surface area contributed by atoms with E-state index in [4.69, 9.17) is 9.47 Å². The van der Waals surface area contributed by atoms with Crippen LogP contribution in [0.4, 0.5) is 11.4 Å². The molecule has 2 aromatic carbocycles. The van der Waals surface area contributed by atoms with Crippen LogP contribution in [0.15, 0.2) is 47.5 Å². The summed E-state index contributed by atoms with van der Waals surface area (Å²) in [5.74, 6) is 2.44. The lowest BCUT2D eigenvalue weighted by Gasteiger charge is -2.21. The van der Waals surface area contributed by atoms with Gasteiger partial charge in [-0.2, -0.15) is 0 Å². The van der Waals surface area contributed by atoms with Gasteiger partial charge < -0.3 is 25.4 Å². The normalized spacial score (nSPS) is 16.7. The molecule has 0 unspecified atom stereocenters. The number of ether oxygens (including phenoxy) is 2. The predicted molar refractivity (Wildman–Crippen MR) is 128 cm³/mol. The number of hydrogen-bond acceptors (Lipinski definition) is 4. The molecule has 1 saturated carbocycles. The molecule has 0 saturated heterocycles. The summed E-state index contributed by atoms with van der Waals surface area (Å²) >= 11 is 0. The van der Waals surface area contributed by atoms with Gasteiger partial charge >= 0.3 is 0 Å². The highest BCUT2D eigenvalue weighted by molar-refractivity contribution is 5.94. The number of rotatable bonds is 5. The number of amides is 1. The average Bonchev–Trinajstić information content (AvgIpc) is 3.07. The van der Waals surface area contributed by atoms with Gasteiger partial charge in [0.05, 0.1) is 13.2 Å². The van der Waals surface area contributed by atoms with Crippen LogP contribution in [0.3, 0.4) is 0 Å². The maximum atomic E-state index is 12.5.